The first-order chi connectivity index (χ1) is 14.6. The Labute approximate surface area is 194 Å². The van der Waals surface area contributed by atoms with E-state index in [9.17, 15) is 5.11 Å². The van der Waals surface area contributed by atoms with Crippen LogP contribution in [0.4, 0.5) is 0 Å². The summed E-state index contributed by atoms with van der Waals surface area (Å²) < 4.78 is 0. The van der Waals surface area contributed by atoms with Crippen molar-refractivity contribution >= 4 is 0 Å². The van der Waals surface area contributed by atoms with Gasteiger partial charge in [0.15, 0.2) is 0 Å². The first-order valence-electron chi connectivity index (χ1n) is 12.2. The molecular weight excluding hydrogens is 376 g/mol. The van der Waals surface area contributed by atoms with E-state index in [0.29, 0.717) is 0 Å². The number of rotatable bonds is 16. The molecule has 0 aromatic heterocycles. The van der Waals surface area contributed by atoms with Gasteiger partial charge in [-0.25, -0.2) is 0 Å². The van der Waals surface area contributed by atoms with Crippen molar-refractivity contribution in [1.82, 2.24) is 0 Å². The van der Waals surface area contributed by atoms with Crippen LogP contribution in [0.2, 0.25) is 0 Å². The van der Waals surface area contributed by atoms with E-state index < -0.39 is 0 Å². The van der Waals surface area contributed by atoms with E-state index in [1.807, 2.05) is 6.92 Å². The van der Waals surface area contributed by atoms with E-state index in [4.69, 9.17) is 0 Å². The van der Waals surface area contributed by atoms with Gasteiger partial charge < -0.3 is 5.11 Å². The molecule has 0 amide bonds. The molecule has 0 aliphatic rings. The maximum Gasteiger partial charge on any atom is 0.0499 e. The fourth-order valence-electron chi connectivity index (χ4n) is 3.41. The molecule has 1 nitrogen and oxygen atoms in total. The fraction of sp³-hybridized carbons (Fsp3) is 0.600. The zero-order valence-corrected chi connectivity index (χ0v) is 21.7. The number of hydrogen-bond acceptors (Lipinski definition) is 1. The lowest BCUT2D eigenvalue weighted by Crippen LogP contribution is -2.05. The number of hydrogen-bond donors (Lipinski definition) is 1. The van der Waals surface area contributed by atoms with Crippen molar-refractivity contribution in [2.75, 3.05) is 6.61 Å². The molecule has 0 saturated carbocycles. The molecule has 0 fully saturated rings. The third-order valence-electron chi connectivity index (χ3n) is 5.85. The van der Waals surface area contributed by atoms with Gasteiger partial charge in [0, 0.05) is 12.5 Å². The van der Waals surface area contributed by atoms with Crippen LogP contribution >= 0.6 is 0 Å². The zero-order chi connectivity index (χ0) is 23.6. The van der Waals surface area contributed by atoms with Crippen molar-refractivity contribution in [2.45, 2.75) is 106 Å². The van der Waals surface area contributed by atoms with E-state index in [0.717, 1.165) is 50.5 Å². The summed E-state index contributed by atoms with van der Waals surface area (Å²) in [7, 11) is 0. The fourth-order valence-corrected chi connectivity index (χ4v) is 3.41. The van der Waals surface area contributed by atoms with Crippen molar-refractivity contribution in [1.29, 1.82) is 0 Å². The Morgan fingerprint density at radius 3 is 1.29 bits per heavy atom. The van der Waals surface area contributed by atoms with Crippen LogP contribution in [0.3, 0.4) is 0 Å². The van der Waals surface area contributed by atoms with E-state index >= 15 is 0 Å². The molecule has 31 heavy (non-hydrogen) atoms. The highest BCUT2D eigenvalue weighted by Gasteiger charge is 2.05. The molecule has 0 bridgehead atoms. The van der Waals surface area contributed by atoms with Crippen molar-refractivity contribution in [3.8, 4) is 0 Å². The topological polar surface area (TPSA) is 20.2 Å². The minimum Gasteiger partial charge on any atom is -0.396 e. The molecule has 0 aliphatic heterocycles. The van der Waals surface area contributed by atoms with E-state index in [-0.39, 0.29) is 12.5 Å². The summed E-state index contributed by atoms with van der Waals surface area (Å²) in [5.74, 6) is 0.198. The second-order valence-corrected chi connectivity index (χ2v) is 9.60. The zero-order valence-electron chi connectivity index (χ0n) is 21.7. The van der Waals surface area contributed by atoms with Gasteiger partial charge in [0.1, 0.15) is 0 Å². The highest BCUT2D eigenvalue weighted by Crippen LogP contribution is 2.17. The molecule has 0 aromatic carbocycles. The van der Waals surface area contributed by atoms with Gasteiger partial charge in [0.2, 0.25) is 0 Å². The second-order valence-electron chi connectivity index (χ2n) is 9.60. The lowest BCUT2D eigenvalue weighted by Gasteiger charge is -2.11. The van der Waals surface area contributed by atoms with Gasteiger partial charge >= 0.3 is 0 Å². The molecule has 176 valence electrons. The van der Waals surface area contributed by atoms with Crippen molar-refractivity contribution < 1.29 is 5.11 Å². The summed E-state index contributed by atoms with van der Waals surface area (Å²) in [6.45, 7) is 19.5. The molecule has 1 N–H and O–H groups in total. The van der Waals surface area contributed by atoms with Gasteiger partial charge in [-0.2, -0.15) is 0 Å². The van der Waals surface area contributed by atoms with Crippen molar-refractivity contribution in [3.63, 3.8) is 0 Å². The molecule has 1 heteroatoms. The average Bonchev–Trinajstić information content (AvgIpc) is 2.67. The lowest BCUT2D eigenvalue weighted by molar-refractivity contribution is 0.247. The van der Waals surface area contributed by atoms with E-state index in [1.54, 1.807) is 0 Å². The Bertz CT molecular complexity index is 663. The third-order valence-corrected chi connectivity index (χ3v) is 5.85. The highest BCUT2D eigenvalue weighted by molar-refractivity contribution is 5.09. The molecule has 0 unspecified atom stereocenters. The molecule has 0 spiro atoms. The normalized spacial score (nSPS) is 14.6. The van der Waals surface area contributed by atoms with Crippen LogP contribution in [0.25, 0.3) is 0 Å². The summed E-state index contributed by atoms with van der Waals surface area (Å²) >= 11 is 0. The molecule has 0 rings (SSSR count). The van der Waals surface area contributed by atoms with Crippen molar-refractivity contribution in [2.24, 2.45) is 5.92 Å². The molecule has 1 atom stereocenters. The minimum absolute atomic E-state index is 0.192. The van der Waals surface area contributed by atoms with Crippen LogP contribution in [-0.2, 0) is 0 Å². The summed E-state index contributed by atoms with van der Waals surface area (Å²) in [5.41, 5.74) is 8.40. The van der Waals surface area contributed by atoms with E-state index in [2.05, 4.69) is 78.5 Å². The van der Waals surface area contributed by atoms with Gasteiger partial charge in [-0.15, -0.1) is 0 Å². The average molecular weight is 427 g/mol. The lowest BCUT2D eigenvalue weighted by atomic mass is 9.97. The van der Waals surface area contributed by atoms with Gasteiger partial charge in [-0.3, -0.25) is 0 Å². The van der Waals surface area contributed by atoms with Crippen LogP contribution in [0.5, 0.6) is 0 Å². The standard InChI is InChI=1S/C30H50O/c1-24(2)13-9-14-26(5)15-10-16-27(6)17-11-18-28(7)19-12-20-29(8)21-22-30(23-31)25(3)4/h13,15,17,19,21,30-31H,3,9-12,14,16,18,20,22-23H2,1-2,4-8H3/t30-/m0/s1. The Morgan fingerprint density at radius 2 is 0.968 bits per heavy atom. The molecule has 0 saturated heterocycles. The second kappa shape index (κ2) is 18.0. The first kappa shape index (κ1) is 29.4. The van der Waals surface area contributed by atoms with Gasteiger partial charge in [-0.05, 0) is 106 Å². The van der Waals surface area contributed by atoms with Crippen LogP contribution in [0, 0.1) is 5.92 Å². The predicted molar refractivity (Wildman–Crippen MR) is 141 cm³/mol. The molecule has 0 aromatic rings. The SMILES string of the molecule is C=C(C)[C@H](CO)CC=C(C)CCC=C(C)CCC=C(C)CCC=C(C)CCC=C(C)C. The highest BCUT2D eigenvalue weighted by atomic mass is 16.3. The molecular formula is C30H50O. The van der Waals surface area contributed by atoms with Crippen molar-refractivity contribution in [3.05, 3.63) is 70.4 Å². The predicted octanol–water partition coefficient (Wildman–Crippen LogP) is 9.43. The van der Waals surface area contributed by atoms with Crippen LogP contribution in [-0.4, -0.2) is 11.7 Å². The Balaban J connectivity index is 4.17. The summed E-state index contributed by atoms with van der Waals surface area (Å²) in [4.78, 5) is 0. The third kappa shape index (κ3) is 17.7. The smallest absolute Gasteiger partial charge is 0.0499 e. The summed E-state index contributed by atoms with van der Waals surface area (Å²) in [6, 6.07) is 0. The number of aliphatic hydroxyl groups is 1. The Morgan fingerprint density at radius 1 is 0.613 bits per heavy atom. The number of aliphatic hydroxyl groups excluding tert-OH is 1. The minimum atomic E-state index is 0.192. The Kier molecular flexibility index (Phi) is 17.1. The molecule has 0 aliphatic carbocycles. The van der Waals surface area contributed by atoms with E-state index in [1.165, 1.54) is 40.7 Å². The maximum absolute atomic E-state index is 9.39. The van der Waals surface area contributed by atoms with Gasteiger partial charge in [0.25, 0.3) is 0 Å². The Hall–Kier alpha value is -1.60. The van der Waals surface area contributed by atoms with Gasteiger partial charge in [0.05, 0.1) is 0 Å². The maximum atomic E-state index is 9.39. The van der Waals surface area contributed by atoms with Crippen LogP contribution < -0.4 is 0 Å². The molecule has 0 radical (unpaired) electrons. The van der Waals surface area contributed by atoms with Crippen LogP contribution in [0.15, 0.2) is 70.4 Å². The number of allylic oxidation sites excluding steroid dienone is 10. The van der Waals surface area contributed by atoms with Gasteiger partial charge in [-0.1, -0.05) is 70.4 Å². The van der Waals surface area contributed by atoms with Crippen LogP contribution in [0.1, 0.15) is 106 Å². The monoisotopic (exact) mass is 426 g/mol. The molecule has 0 heterocycles. The first-order valence-corrected chi connectivity index (χ1v) is 12.2. The summed E-state index contributed by atoms with van der Waals surface area (Å²) in [6.07, 6.45) is 21.9. The largest absolute Gasteiger partial charge is 0.396 e. The quantitative estimate of drug-likeness (QED) is 0.244. The summed E-state index contributed by atoms with van der Waals surface area (Å²) in [5, 5.41) is 9.39.